The monoisotopic (exact) mass is 711 g/mol. The number of aromatic nitrogens is 2. The number of benzene rings is 6. The van der Waals surface area contributed by atoms with Crippen molar-refractivity contribution in [2.75, 3.05) is 4.90 Å². The first-order chi connectivity index (χ1) is 26.5. The van der Waals surface area contributed by atoms with Gasteiger partial charge in [0.05, 0.1) is 16.8 Å². The zero-order valence-electron chi connectivity index (χ0n) is 30.1. The molecule has 4 heterocycles. The maximum absolute atomic E-state index is 5.13. The third kappa shape index (κ3) is 4.87. The number of anilines is 3. The van der Waals surface area contributed by atoms with Crippen molar-refractivity contribution in [3.63, 3.8) is 0 Å². The van der Waals surface area contributed by atoms with E-state index in [1.165, 1.54) is 59.2 Å². The van der Waals surface area contributed by atoms with E-state index in [2.05, 4.69) is 189 Å². The highest BCUT2D eigenvalue weighted by atomic mass is 32.1. The van der Waals surface area contributed by atoms with Crippen LogP contribution in [0, 0.1) is 0 Å². The van der Waals surface area contributed by atoms with E-state index in [1.54, 1.807) is 0 Å². The Morgan fingerprint density at radius 3 is 1.96 bits per heavy atom. The maximum Gasteiger partial charge on any atom is 0.141 e. The van der Waals surface area contributed by atoms with E-state index >= 15 is 0 Å². The van der Waals surface area contributed by atoms with Gasteiger partial charge in [0, 0.05) is 54.8 Å². The van der Waals surface area contributed by atoms with Crippen LogP contribution in [0.5, 0.6) is 0 Å². The van der Waals surface area contributed by atoms with Crippen LogP contribution in [0.2, 0.25) is 0 Å². The molecular formula is C50H37N3S. The second kappa shape index (κ2) is 12.6. The average Bonchev–Trinajstić information content (AvgIpc) is 3.61. The topological polar surface area (TPSA) is 29.0 Å². The molecule has 1 aliphatic heterocycles. The summed E-state index contributed by atoms with van der Waals surface area (Å²) in [5, 5.41) is 2.64. The Balaban J connectivity index is 1.27. The van der Waals surface area contributed by atoms with Gasteiger partial charge in [-0.3, -0.25) is 9.88 Å². The maximum atomic E-state index is 5.13. The fraction of sp³-hybridized carbons (Fsp3) is 0.0800. The summed E-state index contributed by atoms with van der Waals surface area (Å²) >= 11 is 1.87. The predicted octanol–water partition coefficient (Wildman–Crippen LogP) is 13.0. The summed E-state index contributed by atoms with van der Waals surface area (Å²) in [5.41, 5.74) is 10.6. The van der Waals surface area contributed by atoms with Gasteiger partial charge >= 0.3 is 0 Å². The van der Waals surface area contributed by atoms with E-state index in [0.717, 1.165) is 22.8 Å². The molecule has 0 N–H and O–H groups in total. The molecule has 0 saturated heterocycles. The van der Waals surface area contributed by atoms with E-state index < -0.39 is 5.41 Å². The summed E-state index contributed by atoms with van der Waals surface area (Å²) in [4.78, 5) is 12.3. The van der Waals surface area contributed by atoms with Gasteiger partial charge in [-0.25, -0.2) is 4.98 Å². The lowest BCUT2D eigenvalue weighted by atomic mass is 9.64. The first kappa shape index (κ1) is 32.3. The highest BCUT2D eigenvalue weighted by Crippen LogP contribution is 2.56. The van der Waals surface area contributed by atoms with Crippen LogP contribution in [-0.2, 0) is 10.8 Å². The first-order valence-corrected chi connectivity index (χ1v) is 19.3. The fourth-order valence-corrected chi connectivity index (χ4v) is 10.0. The van der Waals surface area contributed by atoms with E-state index in [9.17, 15) is 0 Å². The number of fused-ring (bicyclic) bond motifs is 6. The van der Waals surface area contributed by atoms with Crippen molar-refractivity contribution in [1.29, 1.82) is 0 Å². The Morgan fingerprint density at radius 2 is 1.20 bits per heavy atom. The molecule has 258 valence electrons. The number of rotatable bonds is 6. The number of thiophene rings is 1. The first-order valence-electron chi connectivity index (χ1n) is 18.5. The molecule has 3 aromatic heterocycles. The van der Waals surface area contributed by atoms with Gasteiger partial charge in [-0.1, -0.05) is 135 Å². The van der Waals surface area contributed by atoms with Gasteiger partial charge in [-0.2, -0.15) is 0 Å². The highest BCUT2D eigenvalue weighted by molar-refractivity contribution is 7.25. The van der Waals surface area contributed by atoms with Crippen molar-refractivity contribution in [3.05, 3.63) is 222 Å². The SMILES string of the molecule is CC1(C)c2cccnc2N(c2cccc(C(c3ccccc3)(c3ccccc3)c3cccc(-c4ccccn4)c3)c2)c2ccc3sc4ccccc4c3c21. The van der Waals surface area contributed by atoms with Crippen LogP contribution in [-0.4, -0.2) is 9.97 Å². The van der Waals surface area contributed by atoms with Gasteiger partial charge in [0.2, 0.25) is 0 Å². The van der Waals surface area contributed by atoms with E-state index in [-0.39, 0.29) is 5.41 Å². The van der Waals surface area contributed by atoms with Crippen LogP contribution >= 0.6 is 11.3 Å². The minimum absolute atomic E-state index is 0.278. The van der Waals surface area contributed by atoms with Crippen LogP contribution in [0.4, 0.5) is 17.2 Å². The molecule has 0 saturated carbocycles. The van der Waals surface area contributed by atoms with Crippen LogP contribution in [0.3, 0.4) is 0 Å². The molecule has 9 aromatic rings. The average molecular weight is 712 g/mol. The van der Waals surface area contributed by atoms with E-state index in [4.69, 9.17) is 9.97 Å². The van der Waals surface area contributed by atoms with Crippen molar-refractivity contribution in [3.8, 4) is 11.3 Å². The number of hydrogen-bond acceptors (Lipinski definition) is 4. The second-order valence-electron chi connectivity index (χ2n) is 14.6. The van der Waals surface area contributed by atoms with E-state index in [0.29, 0.717) is 0 Å². The summed E-state index contributed by atoms with van der Waals surface area (Å²) in [6, 6.07) is 63.8. The molecule has 4 heteroatoms. The summed E-state index contributed by atoms with van der Waals surface area (Å²) in [5.74, 6) is 0.966. The Labute approximate surface area is 319 Å². The van der Waals surface area contributed by atoms with Crippen molar-refractivity contribution >= 4 is 48.7 Å². The molecule has 0 aliphatic carbocycles. The largest absolute Gasteiger partial charge is 0.294 e. The third-order valence-electron chi connectivity index (χ3n) is 11.3. The van der Waals surface area contributed by atoms with Crippen molar-refractivity contribution in [2.45, 2.75) is 24.7 Å². The molecule has 0 amide bonds. The van der Waals surface area contributed by atoms with Gasteiger partial charge < -0.3 is 0 Å². The summed E-state index contributed by atoms with van der Waals surface area (Å²) in [6.45, 7) is 4.72. The second-order valence-corrected chi connectivity index (χ2v) is 15.7. The number of nitrogens with zero attached hydrogens (tertiary/aromatic N) is 3. The van der Waals surface area contributed by atoms with E-state index in [1.807, 2.05) is 29.8 Å². The molecule has 0 unspecified atom stereocenters. The molecule has 0 fully saturated rings. The van der Waals surface area contributed by atoms with Crippen LogP contribution < -0.4 is 4.90 Å². The minimum atomic E-state index is -0.651. The van der Waals surface area contributed by atoms with Crippen molar-refractivity contribution < 1.29 is 0 Å². The standard InChI is InChI=1S/C50H37N3S/c1-49(2)41-25-15-31-52-48(41)53(43-28-29-45-46(47(43)49)40-24-9-10-27-44(40)54-45)39-23-14-22-38(33-39)50(35-17-5-3-6-18-35,36-19-7-4-8-20-36)37-21-13-16-34(32-37)42-26-11-12-30-51-42/h3-33H,1-2H3. The number of hydrogen-bond donors (Lipinski definition) is 0. The smallest absolute Gasteiger partial charge is 0.141 e. The summed E-state index contributed by atoms with van der Waals surface area (Å²) in [7, 11) is 0. The van der Waals surface area contributed by atoms with Gasteiger partial charge in [0.25, 0.3) is 0 Å². The fourth-order valence-electron chi connectivity index (χ4n) is 8.90. The minimum Gasteiger partial charge on any atom is -0.294 e. The summed E-state index contributed by atoms with van der Waals surface area (Å²) in [6.07, 6.45) is 3.79. The molecular weight excluding hydrogens is 675 g/mol. The molecule has 1 aliphatic rings. The van der Waals surface area contributed by atoms with Gasteiger partial charge in [-0.15, -0.1) is 11.3 Å². The van der Waals surface area contributed by atoms with Crippen molar-refractivity contribution in [2.24, 2.45) is 0 Å². The zero-order chi connectivity index (χ0) is 36.3. The molecule has 0 spiro atoms. The lowest BCUT2D eigenvalue weighted by Gasteiger charge is -2.42. The lowest BCUT2D eigenvalue weighted by molar-refractivity contribution is 0.634. The van der Waals surface area contributed by atoms with Crippen molar-refractivity contribution in [1.82, 2.24) is 9.97 Å². The molecule has 3 nitrogen and oxygen atoms in total. The van der Waals surface area contributed by atoms with Gasteiger partial charge in [0.15, 0.2) is 0 Å². The van der Waals surface area contributed by atoms with Crippen LogP contribution in [0.25, 0.3) is 31.4 Å². The zero-order valence-corrected chi connectivity index (χ0v) is 31.0. The summed E-state index contributed by atoms with van der Waals surface area (Å²) < 4.78 is 2.62. The Hall–Kier alpha value is -6.36. The molecule has 6 aromatic carbocycles. The Kier molecular flexibility index (Phi) is 7.57. The Bertz CT molecular complexity index is 2770. The molecule has 0 atom stereocenters. The molecule has 0 radical (unpaired) electrons. The predicted molar refractivity (Wildman–Crippen MR) is 225 cm³/mol. The number of pyridine rings is 2. The third-order valence-corrected chi connectivity index (χ3v) is 12.4. The Morgan fingerprint density at radius 1 is 0.537 bits per heavy atom. The normalized spacial score (nSPS) is 13.5. The van der Waals surface area contributed by atoms with Gasteiger partial charge in [-0.05, 0) is 82.4 Å². The lowest BCUT2D eigenvalue weighted by Crippen LogP contribution is -2.33. The molecule has 0 bridgehead atoms. The molecule has 10 rings (SSSR count). The van der Waals surface area contributed by atoms with Crippen LogP contribution in [0.15, 0.2) is 188 Å². The highest BCUT2D eigenvalue weighted by Gasteiger charge is 2.42. The van der Waals surface area contributed by atoms with Gasteiger partial charge in [0.1, 0.15) is 5.82 Å². The van der Waals surface area contributed by atoms with Crippen LogP contribution in [0.1, 0.15) is 47.2 Å². The quantitative estimate of drug-likeness (QED) is 0.161. The molecule has 54 heavy (non-hydrogen) atoms.